The van der Waals surface area contributed by atoms with Gasteiger partial charge in [0.1, 0.15) is 12.3 Å². The summed E-state index contributed by atoms with van der Waals surface area (Å²) in [6.45, 7) is 6.70. The van der Waals surface area contributed by atoms with Gasteiger partial charge >= 0.3 is 0 Å². The van der Waals surface area contributed by atoms with Crippen molar-refractivity contribution in [2.75, 3.05) is 24.6 Å². The molecular weight excluding hydrogens is 286 g/mol. The van der Waals surface area contributed by atoms with Crippen LogP contribution in [0.1, 0.15) is 19.4 Å². The van der Waals surface area contributed by atoms with Crippen molar-refractivity contribution in [3.8, 4) is 0 Å². The smallest absolute Gasteiger partial charge is 0.205 e. The third-order valence-electron chi connectivity index (χ3n) is 3.38. The summed E-state index contributed by atoms with van der Waals surface area (Å²) in [5.74, 6) is 0.0602. The fourth-order valence-corrected chi connectivity index (χ4v) is 2.24. The van der Waals surface area contributed by atoms with Crippen LogP contribution in [0.5, 0.6) is 0 Å². The number of ketones is 1. The Morgan fingerprint density at radius 1 is 0.957 bits per heavy atom. The summed E-state index contributed by atoms with van der Waals surface area (Å²) >= 11 is 0. The Morgan fingerprint density at radius 2 is 1.52 bits per heavy atom. The van der Waals surface area contributed by atoms with E-state index in [1.165, 1.54) is 0 Å². The fourth-order valence-electron chi connectivity index (χ4n) is 2.24. The van der Waals surface area contributed by atoms with Crippen molar-refractivity contribution >= 4 is 17.2 Å². The molecule has 0 aliphatic carbocycles. The van der Waals surface area contributed by atoms with Gasteiger partial charge in [-0.05, 0) is 25.2 Å². The van der Waals surface area contributed by atoms with Crippen molar-refractivity contribution < 1.29 is 4.79 Å². The average molecular weight is 309 g/mol. The molecule has 0 aromatic heterocycles. The first kappa shape index (κ1) is 16.9. The average Bonchev–Trinajstić information content (AvgIpc) is 3.00. The second-order valence-electron chi connectivity index (χ2n) is 5.09. The van der Waals surface area contributed by atoms with Crippen LogP contribution < -0.4 is 10.3 Å². The van der Waals surface area contributed by atoms with Crippen LogP contribution >= 0.6 is 0 Å². The van der Waals surface area contributed by atoms with Gasteiger partial charge in [-0.15, -0.1) is 0 Å². The zero-order chi connectivity index (χ0) is 16.5. The number of para-hydroxylation sites is 1. The number of rotatable bonds is 4. The summed E-state index contributed by atoms with van der Waals surface area (Å²) in [4.78, 5) is 12.0. The Morgan fingerprint density at radius 3 is 2.04 bits per heavy atom. The third-order valence-corrected chi connectivity index (χ3v) is 3.38. The molecule has 0 bridgehead atoms. The van der Waals surface area contributed by atoms with Crippen molar-refractivity contribution in [2.45, 2.75) is 13.8 Å². The maximum Gasteiger partial charge on any atom is 0.205 e. The van der Waals surface area contributed by atoms with E-state index in [2.05, 4.69) is 24.3 Å². The van der Waals surface area contributed by atoms with Gasteiger partial charge in [0.25, 0.3) is 0 Å². The molecule has 2 aromatic carbocycles. The van der Waals surface area contributed by atoms with E-state index >= 15 is 0 Å². The first-order chi connectivity index (χ1) is 11.3. The van der Waals surface area contributed by atoms with Crippen molar-refractivity contribution in [3.05, 3.63) is 66.2 Å². The molecule has 0 unspecified atom stereocenters. The quantitative estimate of drug-likeness (QED) is 0.944. The minimum atomic E-state index is 0.0602. The number of Topliss-reactive ketones (excluding diaryl/α,β-unsaturated/α-hetero) is 1. The van der Waals surface area contributed by atoms with Gasteiger partial charge in [-0.3, -0.25) is 9.80 Å². The van der Waals surface area contributed by atoms with Crippen molar-refractivity contribution in [1.82, 2.24) is 5.32 Å². The monoisotopic (exact) mass is 309 g/mol. The summed E-state index contributed by atoms with van der Waals surface area (Å²) in [5.41, 5.74) is 2.36. The normalized spacial score (nSPS) is 13.4. The molecule has 2 aromatic rings. The topological polar surface area (TPSA) is 44.7 Å². The van der Waals surface area contributed by atoms with Crippen LogP contribution in [0.3, 0.4) is 0 Å². The first-order valence-electron chi connectivity index (χ1n) is 7.96. The molecule has 23 heavy (non-hydrogen) atoms. The summed E-state index contributed by atoms with van der Waals surface area (Å²) in [6, 6.07) is 19.3. The molecule has 1 aliphatic heterocycles. The van der Waals surface area contributed by atoms with Crippen molar-refractivity contribution in [2.24, 2.45) is 5.10 Å². The van der Waals surface area contributed by atoms with Gasteiger partial charge < -0.3 is 5.32 Å². The van der Waals surface area contributed by atoms with Crippen molar-refractivity contribution in [3.63, 3.8) is 0 Å². The number of nitrogens with one attached hydrogen (secondary N) is 1. The molecule has 0 spiro atoms. The lowest BCUT2D eigenvalue weighted by atomic mass is 10.1. The van der Waals surface area contributed by atoms with E-state index in [4.69, 9.17) is 0 Å². The number of benzene rings is 2. The van der Waals surface area contributed by atoms with E-state index in [-0.39, 0.29) is 5.78 Å². The summed E-state index contributed by atoms with van der Waals surface area (Å²) in [6.07, 6.45) is 0. The molecule has 0 amide bonds. The highest BCUT2D eigenvalue weighted by Crippen LogP contribution is 2.19. The molecule has 1 aliphatic rings. The Kier molecular flexibility index (Phi) is 6.51. The van der Waals surface area contributed by atoms with Crippen LogP contribution in [-0.4, -0.2) is 31.1 Å². The van der Waals surface area contributed by atoms with Gasteiger partial charge in [0, 0.05) is 5.56 Å². The summed E-state index contributed by atoms with van der Waals surface area (Å²) < 4.78 is 0. The molecule has 4 nitrogen and oxygen atoms in total. The van der Waals surface area contributed by atoms with E-state index in [0.29, 0.717) is 12.3 Å². The molecule has 1 N–H and O–H groups in total. The number of hydrogen-bond acceptors (Lipinski definition) is 4. The molecule has 0 saturated heterocycles. The predicted octanol–water partition coefficient (Wildman–Crippen LogP) is 3.10. The highest BCUT2D eigenvalue weighted by molar-refractivity contribution is 6.48. The number of carbonyl (C=O) groups excluding carboxylic acids is 1. The first-order valence-corrected chi connectivity index (χ1v) is 7.96. The summed E-state index contributed by atoms with van der Waals surface area (Å²) in [5, 5.41) is 9.26. The fraction of sp³-hybridized carbons (Fsp3) is 0.263. The molecule has 1 heterocycles. The molecule has 0 saturated carbocycles. The van der Waals surface area contributed by atoms with E-state index in [1.54, 1.807) is 5.01 Å². The van der Waals surface area contributed by atoms with Crippen LogP contribution in [0.2, 0.25) is 0 Å². The van der Waals surface area contributed by atoms with E-state index in [1.807, 2.05) is 60.7 Å². The zero-order valence-corrected chi connectivity index (χ0v) is 13.7. The standard InChI is InChI=1S/C15H12N2O.C4H11N/c18-14-11-17(13-9-5-2-6-10-13)16-15(14)12-7-3-1-4-8-12;1-3-5-4-2/h1-10H,11H2;5H,3-4H2,1-2H3. The lowest BCUT2D eigenvalue weighted by molar-refractivity contribution is -0.111. The van der Waals surface area contributed by atoms with Gasteiger partial charge in [0.2, 0.25) is 5.78 Å². The molecule has 0 atom stereocenters. The SMILES string of the molecule is CCNCC.O=C1CN(c2ccccc2)N=C1c1ccccc1. The number of hydrazone groups is 1. The van der Waals surface area contributed by atoms with Gasteiger partial charge in [-0.1, -0.05) is 62.4 Å². The predicted molar refractivity (Wildman–Crippen MR) is 96.0 cm³/mol. The van der Waals surface area contributed by atoms with E-state index in [9.17, 15) is 4.79 Å². The van der Waals surface area contributed by atoms with Crippen molar-refractivity contribution in [1.29, 1.82) is 0 Å². The molecular formula is C19H23N3O. The number of nitrogens with zero attached hydrogens (tertiary/aromatic N) is 2. The highest BCUT2D eigenvalue weighted by atomic mass is 16.1. The number of anilines is 1. The van der Waals surface area contributed by atoms with Crippen LogP contribution in [-0.2, 0) is 4.79 Å². The van der Waals surface area contributed by atoms with Crippen LogP contribution in [0, 0.1) is 0 Å². The molecule has 4 heteroatoms. The maximum absolute atomic E-state index is 12.0. The Bertz CT molecular complexity index is 636. The van der Waals surface area contributed by atoms with Gasteiger partial charge in [0.15, 0.2) is 0 Å². The minimum Gasteiger partial charge on any atom is -0.317 e. The molecule has 120 valence electrons. The number of carbonyl (C=O) groups is 1. The Hall–Kier alpha value is -2.46. The second-order valence-corrected chi connectivity index (χ2v) is 5.09. The largest absolute Gasteiger partial charge is 0.317 e. The minimum absolute atomic E-state index is 0.0602. The molecule has 0 fully saturated rings. The van der Waals surface area contributed by atoms with Gasteiger partial charge in [-0.2, -0.15) is 5.10 Å². The summed E-state index contributed by atoms with van der Waals surface area (Å²) in [7, 11) is 0. The van der Waals surface area contributed by atoms with Crippen LogP contribution in [0.25, 0.3) is 0 Å². The van der Waals surface area contributed by atoms with Crippen LogP contribution in [0.4, 0.5) is 5.69 Å². The Balaban J connectivity index is 0.000000338. The second kappa shape index (κ2) is 8.86. The lowest BCUT2D eigenvalue weighted by Crippen LogP contribution is -2.18. The maximum atomic E-state index is 12.0. The van der Waals surface area contributed by atoms with E-state index < -0.39 is 0 Å². The van der Waals surface area contributed by atoms with E-state index in [0.717, 1.165) is 24.3 Å². The van der Waals surface area contributed by atoms with Gasteiger partial charge in [-0.25, -0.2) is 0 Å². The zero-order valence-electron chi connectivity index (χ0n) is 13.7. The lowest BCUT2D eigenvalue weighted by Gasteiger charge is -2.11. The third kappa shape index (κ3) is 4.76. The molecule has 0 radical (unpaired) electrons. The highest BCUT2D eigenvalue weighted by Gasteiger charge is 2.25. The number of hydrogen-bond donors (Lipinski definition) is 1. The van der Waals surface area contributed by atoms with Crippen LogP contribution in [0.15, 0.2) is 65.8 Å². The Labute approximate surface area is 137 Å². The van der Waals surface area contributed by atoms with Gasteiger partial charge in [0.05, 0.1) is 5.69 Å². The molecule has 3 rings (SSSR count).